The molecule has 0 atom stereocenters. The van der Waals surface area contributed by atoms with E-state index < -0.39 is 0 Å². The van der Waals surface area contributed by atoms with E-state index >= 15 is 0 Å². The largest absolute Gasteiger partial charge is 0.324 e. The fraction of sp³-hybridized carbons (Fsp3) is 1.00. The molecule has 0 aromatic carbocycles. The van der Waals surface area contributed by atoms with Crippen molar-refractivity contribution in [1.29, 1.82) is 0 Å². The van der Waals surface area contributed by atoms with Crippen LogP contribution in [0.4, 0.5) is 0 Å². The lowest BCUT2D eigenvalue weighted by Crippen LogP contribution is -2.60. The van der Waals surface area contributed by atoms with Gasteiger partial charge in [-0.05, 0) is 25.7 Å². The Bertz CT molecular complexity index is 105. The molecule has 0 aromatic heterocycles. The van der Waals surface area contributed by atoms with Gasteiger partial charge in [0.15, 0.2) is 0 Å². The van der Waals surface area contributed by atoms with Crippen molar-refractivity contribution in [2.75, 3.05) is 6.54 Å². The molecule has 1 aliphatic carbocycles. The van der Waals surface area contributed by atoms with Gasteiger partial charge >= 0.3 is 0 Å². The van der Waals surface area contributed by atoms with Crippen LogP contribution in [-0.2, 0) is 0 Å². The maximum Gasteiger partial charge on any atom is 0.0282 e. The third-order valence-corrected chi connectivity index (χ3v) is 2.72. The van der Waals surface area contributed by atoms with Crippen LogP contribution in [0.25, 0.3) is 0 Å². The zero-order chi connectivity index (χ0) is 6.32. The number of nitrogens with one attached hydrogen (secondary N) is 1. The van der Waals surface area contributed by atoms with Crippen LogP contribution >= 0.6 is 12.4 Å². The van der Waals surface area contributed by atoms with E-state index in [9.17, 15) is 0 Å². The van der Waals surface area contributed by atoms with E-state index in [1.165, 1.54) is 25.7 Å². The highest BCUT2D eigenvalue weighted by atomic mass is 35.5. The molecule has 3 aliphatic rings. The summed E-state index contributed by atoms with van der Waals surface area (Å²) < 4.78 is 0. The van der Waals surface area contributed by atoms with E-state index in [0.717, 1.165) is 12.6 Å². The lowest BCUT2D eigenvalue weighted by molar-refractivity contribution is 0.176. The van der Waals surface area contributed by atoms with Crippen molar-refractivity contribution in [1.82, 2.24) is 5.32 Å². The van der Waals surface area contributed by atoms with Crippen LogP contribution in [0.1, 0.15) is 25.7 Å². The van der Waals surface area contributed by atoms with Crippen molar-refractivity contribution in [3.8, 4) is 0 Å². The molecule has 3 heteroatoms. The van der Waals surface area contributed by atoms with Crippen molar-refractivity contribution in [3.63, 3.8) is 0 Å². The first-order valence-corrected chi connectivity index (χ1v) is 3.81. The molecule has 2 nitrogen and oxygen atoms in total. The normalized spacial score (nSPS) is 44.7. The molecule has 0 aromatic rings. The van der Waals surface area contributed by atoms with Gasteiger partial charge < -0.3 is 11.1 Å². The van der Waals surface area contributed by atoms with Crippen molar-refractivity contribution in [2.24, 2.45) is 5.73 Å². The third kappa shape index (κ3) is 1.29. The summed E-state index contributed by atoms with van der Waals surface area (Å²) in [5.41, 5.74) is 6.21. The summed E-state index contributed by atoms with van der Waals surface area (Å²) in [6, 6.07) is 0.801. The van der Waals surface area contributed by atoms with Crippen molar-refractivity contribution in [3.05, 3.63) is 0 Å². The smallest absolute Gasteiger partial charge is 0.0282 e. The molecule has 2 heterocycles. The van der Waals surface area contributed by atoms with Crippen LogP contribution in [-0.4, -0.2) is 18.1 Å². The monoisotopic (exact) mass is 162 g/mol. The van der Waals surface area contributed by atoms with Gasteiger partial charge in [0.2, 0.25) is 0 Å². The van der Waals surface area contributed by atoms with Gasteiger partial charge in [0, 0.05) is 18.1 Å². The second kappa shape index (κ2) is 2.68. The van der Waals surface area contributed by atoms with Gasteiger partial charge in [0.05, 0.1) is 0 Å². The number of halogens is 1. The van der Waals surface area contributed by atoms with Crippen LogP contribution in [0.15, 0.2) is 0 Å². The Morgan fingerprint density at radius 1 is 1.30 bits per heavy atom. The maximum absolute atomic E-state index is 6.03. The molecule has 3 fully saturated rings. The average molecular weight is 163 g/mol. The van der Waals surface area contributed by atoms with Gasteiger partial charge in [-0.3, -0.25) is 0 Å². The minimum absolute atomic E-state index is 0. The zero-order valence-electron chi connectivity index (χ0n) is 6.10. The van der Waals surface area contributed by atoms with Crippen molar-refractivity contribution < 1.29 is 0 Å². The molecule has 0 unspecified atom stereocenters. The number of fused-ring (bicyclic) bond motifs is 3. The lowest BCUT2D eigenvalue weighted by atomic mass is 9.76. The van der Waals surface area contributed by atoms with E-state index in [0.29, 0.717) is 0 Å². The van der Waals surface area contributed by atoms with Gasteiger partial charge in [0.25, 0.3) is 0 Å². The summed E-state index contributed by atoms with van der Waals surface area (Å²) in [5, 5.41) is 3.43. The molecule has 2 bridgehead atoms. The number of hydrogen-bond donors (Lipinski definition) is 2. The van der Waals surface area contributed by atoms with Gasteiger partial charge in [-0.15, -0.1) is 12.4 Å². The summed E-state index contributed by atoms with van der Waals surface area (Å²) in [6.45, 7) is 1.05. The Kier molecular flexibility index (Phi) is 2.23. The van der Waals surface area contributed by atoms with E-state index in [1.807, 2.05) is 0 Å². The average Bonchev–Trinajstić information content (AvgIpc) is 1.90. The van der Waals surface area contributed by atoms with Crippen LogP contribution in [0.2, 0.25) is 0 Å². The topological polar surface area (TPSA) is 38.0 Å². The van der Waals surface area contributed by atoms with Crippen LogP contribution in [0.3, 0.4) is 0 Å². The summed E-state index contributed by atoms with van der Waals surface area (Å²) in [7, 11) is 0. The molecule has 10 heavy (non-hydrogen) atoms. The first-order valence-electron chi connectivity index (χ1n) is 3.81. The Morgan fingerprint density at radius 3 is 2.10 bits per heavy atom. The molecular weight excluding hydrogens is 148 g/mol. The molecule has 0 radical (unpaired) electrons. The SMILES string of the molecule is Cl.NC12CCC(CC1)NC2. The highest BCUT2D eigenvalue weighted by Gasteiger charge is 2.36. The Morgan fingerprint density at radius 2 is 1.90 bits per heavy atom. The molecule has 0 amide bonds. The van der Waals surface area contributed by atoms with E-state index in [4.69, 9.17) is 5.73 Å². The maximum atomic E-state index is 6.03. The van der Waals surface area contributed by atoms with Gasteiger partial charge in [-0.1, -0.05) is 0 Å². The molecule has 2 saturated heterocycles. The second-order valence-corrected chi connectivity index (χ2v) is 3.52. The predicted octanol–water partition coefficient (Wildman–Crippen LogP) is 0.651. The molecule has 3 N–H and O–H groups in total. The van der Waals surface area contributed by atoms with Crippen molar-refractivity contribution in [2.45, 2.75) is 37.3 Å². The molecular formula is C7H15ClN2. The second-order valence-electron chi connectivity index (χ2n) is 3.52. The summed E-state index contributed by atoms with van der Waals surface area (Å²) in [5.74, 6) is 0. The zero-order valence-corrected chi connectivity index (χ0v) is 6.91. The summed E-state index contributed by atoms with van der Waals surface area (Å²) in [4.78, 5) is 0. The third-order valence-electron chi connectivity index (χ3n) is 2.72. The van der Waals surface area contributed by atoms with Crippen LogP contribution in [0, 0.1) is 0 Å². The molecule has 2 aliphatic heterocycles. The highest BCUT2D eigenvalue weighted by molar-refractivity contribution is 5.85. The fourth-order valence-corrected chi connectivity index (χ4v) is 1.92. The van der Waals surface area contributed by atoms with E-state index in [2.05, 4.69) is 5.32 Å². The molecule has 1 saturated carbocycles. The molecule has 0 spiro atoms. The number of piperidine rings is 2. The summed E-state index contributed by atoms with van der Waals surface area (Å²) >= 11 is 0. The Labute approximate surface area is 68.0 Å². The minimum Gasteiger partial charge on any atom is -0.324 e. The standard InChI is InChI=1S/C7H14N2.ClH/c8-7-3-1-6(2-4-7)9-5-7;/h6,9H,1-5,8H2;1H. The highest BCUT2D eigenvalue weighted by Crippen LogP contribution is 2.30. The quantitative estimate of drug-likeness (QED) is 0.549. The van der Waals surface area contributed by atoms with Gasteiger partial charge in [0.1, 0.15) is 0 Å². The first kappa shape index (κ1) is 8.31. The predicted molar refractivity (Wildman–Crippen MR) is 44.4 cm³/mol. The first-order chi connectivity index (χ1) is 4.29. The summed E-state index contributed by atoms with van der Waals surface area (Å²) in [6.07, 6.45) is 5.09. The van der Waals surface area contributed by atoms with Crippen LogP contribution < -0.4 is 11.1 Å². The van der Waals surface area contributed by atoms with E-state index in [-0.39, 0.29) is 17.9 Å². The number of rotatable bonds is 0. The Balaban J connectivity index is 0.000000500. The molecule has 3 rings (SSSR count). The van der Waals surface area contributed by atoms with Crippen molar-refractivity contribution >= 4 is 12.4 Å². The van der Waals surface area contributed by atoms with Crippen LogP contribution in [0.5, 0.6) is 0 Å². The van der Waals surface area contributed by atoms with E-state index in [1.54, 1.807) is 0 Å². The Hall–Kier alpha value is 0.210. The number of nitrogens with two attached hydrogens (primary N) is 1. The lowest BCUT2D eigenvalue weighted by Gasteiger charge is -2.44. The van der Waals surface area contributed by atoms with Gasteiger partial charge in [-0.2, -0.15) is 0 Å². The fourth-order valence-electron chi connectivity index (χ4n) is 1.92. The molecule has 60 valence electrons. The number of hydrogen-bond acceptors (Lipinski definition) is 2. The minimum atomic E-state index is 0. The van der Waals surface area contributed by atoms with Gasteiger partial charge in [-0.25, -0.2) is 0 Å².